The van der Waals surface area contributed by atoms with Gasteiger partial charge in [-0.2, -0.15) is 0 Å². The Morgan fingerprint density at radius 2 is 1.76 bits per heavy atom. The van der Waals surface area contributed by atoms with Crippen LogP contribution in [-0.2, 0) is 22.6 Å². The zero-order valence-electron chi connectivity index (χ0n) is 17.8. The lowest BCUT2D eigenvalue weighted by Crippen LogP contribution is -2.49. The predicted molar refractivity (Wildman–Crippen MR) is 114 cm³/mol. The highest BCUT2D eigenvalue weighted by atomic mass is 19.1. The maximum Gasteiger partial charge on any atom is 0.242 e. The SMILES string of the molecule is CCCNC(=O)[C@@H](CC)N(Cc1ccc(F)cc1)C(=O)Cc1cc(C)ccc1C. The molecule has 2 aromatic carbocycles. The molecule has 0 aliphatic rings. The van der Waals surface area contributed by atoms with Gasteiger partial charge in [0, 0.05) is 13.1 Å². The van der Waals surface area contributed by atoms with Crippen LogP contribution in [0.2, 0.25) is 0 Å². The molecule has 0 spiro atoms. The van der Waals surface area contributed by atoms with Crippen molar-refractivity contribution in [3.63, 3.8) is 0 Å². The second-order valence-electron chi connectivity index (χ2n) is 7.47. The van der Waals surface area contributed by atoms with Crippen LogP contribution in [0.3, 0.4) is 0 Å². The lowest BCUT2D eigenvalue weighted by molar-refractivity contribution is -0.140. The third kappa shape index (κ3) is 6.41. The van der Waals surface area contributed by atoms with Crippen LogP contribution >= 0.6 is 0 Å². The molecule has 2 amide bonds. The van der Waals surface area contributed by atoms with Crippen molar-refractivity contribution in [2.24, 2.45) is 0 Å². The van der Waals surface area contributed by atoms with Crippen molar-refractivity contribution in [2.45, 2.75) is 59.5 Å². The molecule has 0 heterocycles. The van der Waals surface area contributed by atoms with E-state index in [9.17, 15) is 14.0 Å². The van der Waals surface area contributed by atoms with Crippen LogP contribution in [0.5, 0.6) is 0 Å². The molecule has 29 heavy (non-hydrogen) atoms. The van der Waals surface area contributed by atoms with E-state index in [1.807, 2.05) is 45.9 Å². The summed E-state index contributed by atoms with van der Waals surface area (Å²) in [5.41, 5.74) is 3.90. The molecular weight excluding hydrogens is 367 g/mol. The molecule has 0 radical (unpaired) electrons. The van der Waals surface area contributed by atoms with Gasteiger partial charge in [0.25, 0.3) is 0 Å². The normalized spacial score (nSPS) is 11.8. The number of hydrogen-bond donors (Lipinski definition) is 1. The Kier molecular flexibility index (Phi) is 8.37. The topological polar surface area (TPSA) is 49.4 Å². The van der Waals surface area contributed by atoms with Gasteiger partial charge >= 0.3 is 0 Å². The van der Waals surface area contributed by atoms with Gasteiger partial charge in [-0.15, -0.1) is 0 Å². The summed E-state index contributed by atoms with van der Waals surface area (Å²) in [4.78, 5) is 27.7. The maximum absolute atomic E-state index is 13.3. The molecule has 0 saturated heterocycles. The number of amides is 2. The van der Waals surface area contributed by atoms with Crippen molar-refractivity contribution in [1.29, 1.82) is 0 Å². The van der Waals surface area contributed by atoms with Gasteiger partial charge in [-0.25, -0.2) is 4.39 Å². The highest BCUT2D eigenvalue weighted by molar-refractivity contribution is 5.88. The molecule has 2 aromatic rings. The Hall–Kier alpha value is -2.69. The largest absolute Gasteiger partial charge is 0.354 e. The molecule has 0 bridgehead atoms. The van der Waals surface area contributed by atoms with Gasteiger partial charge in [-0.05, 0) is 55.5 Å². The van der Waals surface area contributed by atoms with Gasteiger partial charge in [0.05, 0.1) is 6.42 Å². The van der Waals surface area contributed by atoms with Crippen LogP contribution in [0, 0.1) is 19.7 Å². The lowest BCUT2D eigenvalue weighted by Gasteiger charge is -2.31. The molecule has 5 heteroatoms. The average Bonchev–Trinajstić information content (AvgIpc) is 2.70. The summed E-state index contributed by atoms with van der Waals surface area (Å²) in [7, 11) is 0. The number of aryl methyl sites for hydroxylation is 2. The first-order chi connectivity index (χ1) is 13.8. The molecule has 0 unspecified atom stereocenters. The Balaban J connectivity index is 2.30. The van der Waals surface area contributed by atoms with Crippen molar-refractivity contribution in [3.05, 3.63) is 70.5 Å². The highest BCUT2D eigenvalue weighted by Gasteiger charge is 2.28. The van der Waals surface area contributed by atoms with E-state index in [4.69, 9.17) is 0 Å². The molecule has 0 aromatic heterocycles. The van der Waals surface area contributed by atoms with Crippen molar-refractivity contribution < 1.29 is 14.0 Å². The fourth-order valence-corrected chi connectivity index (χ4v) is 3.33. The number of rotatable bonds is 9. The fourth-order valence-electron chi connectivity index (χ4n) is 3.33. The molecule has 156 valence electrons. The minimum absolute atomic E-state index is 0.110. The summed E-state index contributed by atoms with van der Waals surface area (Å²) in [6, 6.07) is 11.5. The number of benzene rings is 2. The highest BCUT2D eigenvalue weighted by Crippen LogP contribution is 2.17. The molecule has 4 nitrogen and oxygen atoms in total. The van der Waals surface area contributed by atoms with Crippen molar-refractivity contribution in [1.82, 2.24) is 10.2 Å². The average molecular weight is 399 g/mol. The predicted octanol–water partition coefficient (Wildman–Crippen LogP) is 4.32. The molecule has 0 fully saturated rings. The third-order valence-corrected chi connectivity index (χ3v) is 5.05. The summed E-state index contributed by atoms with van der Waals surface area (Å²) >= 11 is 0. The second-order valence-corrected chi connectivity index (χ2v) is 7.47. The van der Waals surface area contributed by atoms with E-state index in [2.05, 4.69) is 5.32 Å². The monoisotopic (exact) mass is 398 g/mol. The zero-order chi connectivity index (χ0) is 21.4. The second kappa shape index (κ2) is 10.7. The Bertz CT molecular complexity index is 833. The van der Waals surface area contributed by atoms with Crippen LogP contribution in [-0.4, -0.2) is 29.3 Å². The summed E-state index contributed by atoms with van der Waals surface area (Å²) < 4.78 is 13.3. The maximum atomic E-state index is 13.3. The molecule has 1 N–H and O–H groups in total. The van der Waals surface area contributed by atoms with Crippen LogP contribution in [0.4, 0.5) is 4.39 Å². The Morgan fingerprint density at radius 1 is 1.07 bits per heavy atom. The Morgan fingerprint density at radius 3 is 2.38 bits per heavy atom. The van der Waals surface area contributed by atoms with E-state index < -0.39 is 6.04 Å². The number of nitrogens with zero attached hydrogens (tertiary/aromatic N) is 1. The van der Waals surface area contributed by atoms with Crippen LogP contribution < -0.4 is 5.32 Å². The fraction of sp³-hybridized carbons (Fsp3) is 0.417. The molecule has 1 atom stereocenters. The first-order valence-corrected chi connectivity index (χ1v) is 10.2. The quantitative estimate of drug-likeness (QED) is 0.684. The smallest absolute Gasteiger partial charge is 0.242 e. The lowest BCUT2D eigenvalue weighted by atomic mass is 10.0. The van der Waals surface area contributed by atoms with E-state index in [1.165, 1.54) is 12.1 Å². The molecular formula is C24H31FN2O2. The van der Waals surface area contributed by atoms with Crippen molar-refractivity contribution in [2.75, 3.05) is 6.54 Å². The molecule has 0 aliphatic carbocycles. The number of carbonyl (C=O) groups is 2. The third-order valence-electron chi connectivity index (χ3n) is 5.05. The number of hydrogen-bond acceptors (Lipinski definition) is 2. The van der Waals surface area contributed by atoms with Crippen LogP contribution in [0.25, 0.3) is 0 Å². The minimum Gasteiger partial charge on any atom is -0.354 e. The van der Waals surface area contributed by atoms with Crippen molar-refractivity contribution in [3.8, 4) is 0 Å². The first kappa shape index (κ1) is 22.6. The summed E-state index contributed by atoms with van der Waals surface area (Å²) in [6.07, 6.45) is 1.57. The van der Waals surface area contributed by atoms with E-state index in [0.717, 1.165) is 28.7 Å². The molecule has 0 aliphatic heterocycles. The standard InChI is InChI=1S/C24H31FN2O2/c1-5-13-26-24(29)22(6-2)27(16-19-9-11-21(25)12-10-19)23(28)15-20-14-17(3)7-8-18(20)4/h7-12,14,22H,5-6,13,15-16H2,1-4H3,(H,26,29)/t22-/m1/s1. The van der Waals surface area contributed by atoms with Gasteiger partial charge in [0.15, 0.2) is 0 Å². The number of carbonyl (C=O) groups excluding carboxylic acids is 2. The van der Waals surface area contributed by atoms with Gasteiger partial charge < -0.3 is 10.2 Å². The summed E-state index contributed by atoms with van der Waals surface area (Å²) in [6.45, 7) is 8.71. The number of halogens is 1. The number of nitrogens with one attached hydrogen (secondary N) is 1. The summed E-state index contributed by atoms with van der Waals surface area (Å²) in [5, 5.41) is 2.91. The van der Waals surface area contributed by atoms with Gasteiger partial charge in [0.2, 0.25) is 11.8 Å². The van der Waals surface area contributed by atoms with Crippen molar-refractivity contribution >= 4 is 11.8 Å². The van der Waals surface area contributed by atoms with Crippen LogP contribution in [0.15, 0.2) is 42.5 Å². The van der Waals surface area contributed by atoms with Gasteiger partial charge in [-0.1, -0.05) is 49.7 Å². The molecule has 2 rings (SSSR count). The van der Waals surface area contributed by atoms with E-state index >= 15 is 0 Å². The van der Waals surface area contributed by atoms with Gasteiger partial charge in [-0.3, -0.25) is 9.59 Å². The summed E-state index contributed by atoms with van der Waals surface area (Å²) in [5.74, 6) is -0.581. The zero-order valence-corrected chi connectivity index (χ0v) is 17.8. The minimum atomic E-state index is -0.566. The van der Waals surface area contributed by atoms with Crippen LogP contribution in [0.1, 0.15) is 48.9 Å². The molecule has 0 saturated carbocycles. The van der Waals surface area contributed by atoms with E-state index in [-0.39, 0.29) is 30.6 Å². The van der Waals surface area contributed by atoms with E-state index in [1.54, 1.807) is 17.0 Å². The van der Waals surface area contributed by atoms with E-state index in [0.29, 0.717) is 13.0 Å². The Labute approximate surface area is 173 Å². The first-order valence-electron chi connectivity index (χ1n) is 10.2. The van der Waals surface area contributed by atoms with Gasteiger partial charge in [0.1, 0.15) is 11.9 Å².